The molecule has 28 heavy (non-hydrogen) atoms. The van der Waals surface area contributed by atoms with Crippen LogP contribution in [0.1, 0.15) is 17.7 Å². The van der Waals surface area contributed by atoms with Gasteiger partial charge in [-0.15, -0.1) is 0 Å². The van der Waals surface area contributed by atoms with Gasteiger partial charge in [0.2, 0.25) is 12.7 Å². The molecule has 1 amide bonds. The summed E-state index contributed by atoms with van der Waals surface area (Å²) in [6.45, 7) is 5.72. The summed E-state index contributed by atoms with van der Waals surface area (Å²) in [5.41, 5.74) is 4.08. The third kappa shape index (κ3) is 3.33. The summed E-state index contributed by atoms with van der Waals surface area (Å²) in [4.78, 5) is 17.0. The van der Waals surface area contributed by atoms with Gasteiger partial charge in [-0.1, -0.05) is 0 Å². The molecule has 2 aromatic rings. The Labute approximate surface area is 163 Å². The second kappa shape index (κ2) is 7.44. The Balaban J connectivity index is 1.29. The molecule has 8 nitrogen and oxygen atoms in total. The molecule has 0 unspecified atom stereocenters. The highest BCUT2D eigenvalue weighted by molar-refractivity contribution is 5.77. The van der Waals surface area contributed by atoms with Crippen LogP contribution >= 0.6 is 0 Å². The van der Waals surface area contributed by atoms with Gasteiger partial charge in [0.1, 0.15) is 0 Å². The van der Waals surface area contributed by atoms with E-state index in [1.807, 2.05) is 23.1 Å². The highest BCUT2D eigenvalue weighted by Gasteiger charge is 2.27. The number of fused-ring (bicyclic) bond motifs is 2. The predicted molar refractivity (Wildman–Crippen MR) is 101 cm³/mol. The van der Waals surface area contributed by atoms with Crippen LogP contribution in [0.3, 0.4) is 0 Å². The number of hydrogen-bond acceptors (Lipinski definition) is 6. The van der Waals surface area contributed by atoms with Crippen molar-refractivity contribution in [2.45, 2.75) is 19.4 Å². The monoisotopic (exact) mass is 384 g/mol. The lowest BCUT2D eigenvalue weighted by Gasteiger charge is -2.30. The van der Waals surface area contributed by atoms with Crippen LogP contribution in [-0.4, -0.2) is 72.1 Å². The fourth-order valence-corrected chi connectivity index (χ4v) is 4.03. The zero-order valence-electron chi connectivity index (χ0n) is 15.8. The Morgan fingerprint density at radius 1 is 1.14 bits per heavy atom. The molecule has 0 saturated carbocycles. The molecular formula is C20H24N4O4. The number of nitrogens with zero attached hydrogens (tertiary/aromatic N) is 3. The molecular weight excluding hydrogens is 360 g/mol. The maximum Gasteiger partial charge on any atom is 0.231 e. The van der Waals surface area contributed by atoms with Gasteiger partial charge in [-0.3, -0.25) is 14.8 Å². The van der Waals surface area contributed by atoms with Crippen molar-refractivity contribution in [3.05, 3.63) is 29.5 Å². The molecule has 1 aromatic heterocycles. The number of H-pyrrole nitrogens is 1. The smallest absolute Gasteiger partial charge is 0.231 e. The third-order valence-corrected chi connectivity index (χ3v) is 5.68. The molecule has 5 rings (SSSR count). The van der Waals surface area contributed by atoms with E-state index in [1.54, 1.807) is 0 Å². The van der Waals surface area contributed by atoms with Crippen LogP contribution in [0.2, 0.25) is 0 Å². The Kier molecular flexibility index (Phi) is 4.66. The van der Waals surface area contributed by atoms with Gasteiger partial charge in [-0.2, -0.15) is 5.10 Å². The largest absolute Gasteiger partial charge is 0.454 e. The molecule has 1 fully saturated rings. The van der Waals surface area contributed by atoms with Gasteiger partial charge >= 0.3 is 0 Å². The summed E-state index contributed by atoms with van der Waals surface area (Å²) in [7, 11) is 0. The highest BCUT2D eigenvalue weighted by atomic mass is 16.7. The second-order valence-corrected chi connectivity index (χ2v) is 7.37. The minimum atomic E-state index is 0.204. The van der Waals surface area contributed by atoms with Crippen molar-refractivity contribution in [1.29, 1.82) is 0 Å². The van der Waals surface area contributed by atoms with Crippen LogP contribution in [0.15, 0.2) is 18.2 Å². The lowest BCUT2D eigenvalue weighted by atomic mass is 10.0. The molecule has 0 bridgehead atoms. The average molecular weight is 384 g/mol. The van der Waals surface area contributed by atoms with Crippen molar-refractivity contribution in [2.75, 3.05) is 46.2 Å². The molecule has 1 saturated heterocycles. The lowest BCUT2D eigenvalue weighted by molar-refractivity contribution is -0.132. The van der Waals surface area contributed by atoms with Gasteiger partial charge in [0.15, 0.2) is 11.5 Å². The van der Waals surface area contributed by atoms with E-state index in [4.69, 9.17) is 14.2 Å². The van der Waals surface area contributed by atoms with Crippen molar-refractivity contribution in [3.63, 3.8) is 0 Å². The molecule has 4 heterocycles. The normalized spacial score (nSPS) is 18.9. The number of amides is 1. The molecule has 0 spiro atoms. The maximum atomic E-state index is 12.8. The average Bonchev–Trinajstić information content (AvgIpc) is 3.38. The van der Waals surface area contributed by atoms with Crippen LogP contribution in [0.4, 0.5) is 0 Å². The summed E-state index contributed by atoms with van der Waals surface area (Å²) >= 11 is 0. The number of rotatable bonds is 4. The minimum absolute atomic E-state index is 0.204. The zero-order valence-corrected chi connectivity index (χ0v) is 15.8. The van der Waals surface area contributed by atoms with Crippen LogP contribution in [-0.2, 0) is 22.5 Å². The van der Waals surface area contributed by atoms with Gasteiger partial charge in [0.05, 0.1) is 18.9 Å². The summed E-state index contributed by atoms with van der Waals surface area (Å²) in [5.74, 6) is 1.70. The maximum absolute atomic E-state index is 12.8. The first-order valence-corrected chi connectivity index (χ1v) is 9.82. The molecule has 0 aliphatic carbocycles. The van der Waals surface area contributed by atoms with E-state index in [9.17, 15) is 4.79 Å². The number of nitrogens with one attached hydrogen (secondary N) is 1. The van der Waals surface area contributed by atoms with Crippen LogP contribution in [0.25, 0.3) is 11.3 Å². The van der Waals surface area contributed by atoms with Crippen molar-refractivity contribution in [3.8, 4) is 22.8 Å². The molecule has 1 N–H and O–H groups in total. The fraction of sp³-hybridized carbons (Fsp3) is 0.500. The molecule has 1 aromatic carbocycles. The number of morpholine rings is 1. The molecule has 0 atom stereocenters. The van der Waals surface area contributed by atoms with Crippen LogP contribution < -0.4 is 9.47 Å². The van der Waals surface area contributed by atoms with Crippen molar-refractivity contribution in [2.24, 2.45) is 0 Å². The van der Waals surface area contributed by atoms with Gasteiger partial charge in [-0.25, -0.2) is 0 Å². The Morgan fingerprint density at radius 2 is 2.00 bits per heavy atom. The quantitative estimate of drug-likeness (QED) is 0.859. The standard InChI is InChI=1S/C20H24N4O4/c25-19(4-5-23-7-9-26-10-8-23)24-6-3-16-15(12-24)20(22-21-16)14-1-2-17-18(11-14)28-13-27-17/h1-2,11H,3-10,12-13H2,(H,21,22). The number of hydrogen-bond donors (Lipinski definition) is 1. The predicted octanol–water partition coefficient (Wildman–Crippen LogP) is 1.41. The first-order chi connectivity index (χ1) is 13.8. The summed E-state index contributed by atoms with van der Waals surface area (Å²) in [5, 5.41) is 7.68. The second-order valence-electron chi connectivity index (χ2n) is 7.37. The number of ether oxygens (including phenoxy) is 3. The van der Waals surface area contributed by atoms with Gasteiger partial charge < -0.3 is 19.1 Å². The molecule has 148 valence electrons. The van der Waals surface area contributed by atoms with Crippen molar-refractivity contribution in [1.82, 2.24) is 20.0 Å². The van der Waals surface area contributed by atoms with Crippen LogP contribution in [0.5, 0.6) is 11.5 Å². The number of aromatic nitrogens is 2. The van der Waals surface area contributed by atoms with E-state index in [0.29, 0.717) is 13.0 Å². The van der Waals surface area contributed by atoms with E-state index < -0.39 is 0 Å². The number of benzene rings is 1. The fourth-order valence-electron chi connectivity index (χ4n) is 4.03. The first kappa shape index (κ1) is 17.5. The topological polar surface area (TPSA) is 79.9 Å². The van der Waals surface area contributed by atoms with Gasteiger partial charge in [0, 0.05) is 62.4 Å². The van der Waals surface area contributed by atoms with Gasteiger partial charge in [-0.05, 0) is 18.2 Å². The van der Waals surface area contributed by atoms with E-state index >= 15 is 0 Å². The van der Waals surface area contributed by atoms with E-state index in [0.717, 1.165) is 79.8 Å². The third-order valence-electron chi connectivity index (χ3n) is 5.68. The number of carbonyl (C=O) groups excluding carboxylic acids is 1. The van der Waals surface area contributed by atoms with Gasteiger partial charge in [0.25, 0.3) is 0 Å². The number of aromatic amines is 1. The molecule has 8 heteroatoms. The first-order valence-electron chi connectivity index (χ1n) is 9.82. The summed E-state index contributed by atoms with van der Waals surface area (Å²) < 4.78 is 16.3. The zero-order chi connectivity index (χ0) is 18.9. The van der Waals surface area contributed by atoms with E-state index in [2.05, 4.69) is 15.1 Å². The minimum Gasteiger partial charge on any atom is -0.454 e. The van der Waals surface area contributed by atoms with Crippen LogP contribution in [0, 0.1) is 0 Å². The Morgan fingerprint density at radius 3 is 2.89 bits per heavy atom. The SMILES string of the molecule is O=C(CCN1CCOCC1)N1CCc2[nH]nc(-c3ccc4c(c3)OCO4)c2C1. The Hall–Kier alpha value is -2.58. The van der Waals surface area contributed by atoms with E-state index in [-0.39, 0.29) is 12.7 Å². The summed E-state index contributed by atoms with van der Waals surface area (Å²) in [6, 6.07) is 5.86. The molecule has 0 radical (unpaired) electrons. The van der Waals surface area contributed by atoms with Crippen molar-refractivity contribution >= 4 is 5.91 Å². The Bertz CT molecular complexity index is 875. The highest BCUT2D eigenvalue weighted by Crippen LogP contribution is 2.37. The molecule has 3 aliphatic rings. The lowest BCUT2D eigenvalue weighted by Crippen LogP contribution is -2.41. The summed E-state index contributed by atoms with van der Waals surface area (Å²) in [6.07, 6.45) is 1.35. The van der Waals surface area contributed by atoms with E-state index in [1.165, 1.54) is 0 Å². The molecule has 3 aliphatic heterocycles. The number of carbonyl (C=O) groups is 1. The van der Waals surface area contributed by atoms with Crippen molar-refractivity contribution < 1.29 is 19.0 Å².